The highest BCUT2D eigenvalue weighted by molar-refractivity contribution is 9.08. The maximum absolute atomic E-state index is 4.41. The molecule has 1 aromatic carbocycles. The zero-order valence-corrected chi connectivity index (χ0v) is 10.6. The van der Waals surface area contributed by atoms with Crippen molar-refractivity contribution >= 4 is 26.8 Å². The Morgan fingerprint density at radius 1 is 1.06 bits per heavy atom. The molecule has 4 heteroatoms. The first kappa shape index (κ1) is 10.5. The highest BCUT2D eigenvalue weighted by Gasteiger charge is 2.04. The first-order valence-electron chi connectivity index (χ1n) is 5.32. The summed E-state index contributed by atoms with van der Waals surface area (Å²) >= 11 is 3.41. The van der Waals surface area contributed by atoms with Crippen molar-refractivity contribution in [3.8, 4) is 5.82 Å². The molecule has 0 unspecified atom stereocenters. The Bertz CT molecular complexity index is 643. The molecule has 0 aliphatic carbocycles. The second kappa shape index (κ2) is 4.30. The van der Waals surface area contributed by atoms with Gasteiger partial charge in [-0.1, -0.05) is 40.2 Å². The topological polar surface area (TPSA) is 30.7 Å². The molecule has 3 aromatic rings. The van der Waals surface area contributed by atoms with Crippen molar-refractivity contribution in [2.24, 2.45) is 0 Å². The number of nitrogens with zero attached hydrogens (tertiary/aromatic N) is 3. The molecular weight excluding hydrogens is 278 g/mol. The lowest BCUT2D eigenvalue weighted by molar-refractivity contribution is 0.872. The van der Waals surface area contributed by atoms with E-state index in [1.54, 1.807) is 0 Å². The summed E-state index contributed by atoms with van der Waals surface area (Å²) in [7, 11) is 0. The fourth-order valence-electron chi connectivity index (χ4n) is 1.78. The molecule has 0 atom stereocenters. The van der Waals surface area contributed by atoms with E-state index >= 15 is 0 Å². The minimum absolute atomic E-state index is 0.820. The Morgan fingerprint density at radius 3 is 2.71 bits per heavy atom. The molecule has 3 nitrogen and oxygen atoms in total. The average molecular weight is 288 g/mol. The van der Waals surface area contributed by atoms with Gasteiger partial charge in [0, 0.05) is 16.9 Å². The molecule has 3 rings (SSSR count). The van der Waals surface area contributed by atoms with Gasteiger partial charge < -0.3 is 0 Å². The average Bonchev–Trinajstić information content (AvgIpc) is 2.83. The predicted octanol–water partition coefficient (Wildman–Crippen LogP) is 3.32. The zero-order valence-electron chi connectivity index (χ0n) is 9.05. The van der Waals surface area contributed by atoms with Crippen LogP contribution in [0.4, 0.5) is 0 Å². The van der Waals surface area contributed by atoms with Crippen LogP contribution in [-0.2, 0) is 5.33 Å². The maximum Gasteiger partial charge on any atom is 0.153 e. The molecule has 0 aliphatic heterocycles. The smallest absolute Gasteiger partial charge is 0.153 e. The molecule has 84 valence electrons. The van der Waals surface area contributed by atoms with Crippen LogP contribution in [0.3, 0.4) is 0 Å². The Balaban J connectivity index is 2.13. The third-order valence-corrected chi connectivity index (χ3v) is 3.31. The summed E-state index contributed by atoms with van der Waals surface area (Å²) in [6.07, 6.45) is 3.72. The van der Waals surface area contributed by atoms with Crippen molar-refractivity contribution in [2.75, 3.05) is 0 Å². The molecule has 2 aromatic heterocycles. The van der Waals surface area contributed by atoms with E-state index in [9.17, 15) is 0 Å². The normalized spacial score (nSPS) is 10.9. The summed E-state index contributed by atoms with van der Waals surface area (Å²) < 4.78 is 1.85. The number of aromatic nitrogens is 3. The van der Waals surface area contributed by atoms with E-state index in [0.717, 1.165) is 27.6 Å². The minimum atomic E-state index is 0.820. The monoisotopic (exact) mass is 287 g/mol. The number of benzene rings is 1. The van der Waals surface area contributed by atoms with Gasteiger partial charge in [0.25, 0.3) is 0 Å². The quantitative estimate of drug-likeness (QED) is 0.677. The number of hydrogen-bond donors (Lipinski definition) is 0. The molecule has 2 heterocycles. The van der Waals surface area contributed by atoms with Gasteiger partial charge in [0.15, 0.2) is 5.82 Å². The molecule has 0 fully saturated rings. The van der Waals surface area contributed by atoms with Crippen molar-refractivity contribution in [2.45, 2.75) is 5.33 Å². The molecule has 17 heavy (non-hydrogen) atoms. The molecule has 0 N–H and O–H groups in total. The molecule has 0 amide bonds. The molecule has 0 spiro atoms. The van der Waals surface area contributed by atoms with E-state index in [-0.39, 0.29) is 0 Å². The number of para-hydroxylation sites is 1. The second-order valence-electron chi connectivity index (χ2n) is 3.77. The van der Waals surface area contributed by atoms with Crippen LogP contribution in [0, 0.1) is 0 Å². The molecule has 0 radical (unpaired) electrons. The summed E-state index contributed by atoms with van der Waals surface area (Å²) in [4.78, 5) is 4.41. The van der Waals surface area contributed by atoms with Gasteiger partial charge >= 0.3 is 0 Å². The molecular formula is C13H10BrN3. The Morgan fingerprint density at radius 2 is 1.94 bits per heavy atom. The van der Waals surface area contributed by atoms with Crippen LogP contribution in [0.2, 0.25) is 0 Å². The molecule has 0 saturated heterocycles. The minimum Gasteiger partial charge on any atom is -0.237 e. The Kier molecular flexibility index (Phi) is 2.65. The van der Waals surface area contributed by atoms with Gasteiger partial charge in [-0.05, 0) is 17.7 Å². The van der Waals surface area contributed by atoms with Crippen LogP contribution in [0.15, 0.2) is 48.8 Å². The summed E-state index contributed by atoms with van der Waals surface area (Å²) in [6.45, 7) is 0. The fraction of sp³-hybridized carbons (Fsp3) is 0.0769. The fourth-order valence-corrected chi connectivity index (χ4v) is 2.11. The van der Waals surface area contributed by atoms with E-state index in [1.165, 1.54) is 0 Å². The lowest BCUT2D eigenvalue weighted by Gasteiger charge is -2.03. The first-order valence-corrected chi connectivity index (χ1v) is 6.44. The highest BCUT2D eigenvalue weighted by atomic mass is 79.9. The third kappa shape index (κ3) is 1.85. The van der Waals surface area contributed by atoms with Crippen LogP contribution in [0.1, 0.15) is 5.56 Å². The summed E-state index contributed by atoms with van der Waals surface area (Å²) in [5.41, 5.74) is 2.23. The number of pyridine rings is 1. The Hall–Kier alpha value is -1.68. The Labute approximate surface area is 107 Å². The molecule has 0 saturated carbocycles. The van der Waals surface area contributed by atoms with E-state index in [1.807, 2.05) is 53.5 Å². The van der Waals surface area contributed by atoms with E-state index in [2.05, 4.69) is 26.0 Å². The van der Waals surface area contributed by atoms with E-state index in [0.29, 0.717) is 0 Å². The van der Waals surface area contributed by atoms with Crippen molar-refractivity contribution in [3.63, 3.8) is 0 Å². The number of rotatable bonds is 2. The lowest BCUT2D eigenvalue weighted by atomic mass is 10.2. The largest absolute Gasteiger partial charge is 0.237 e. The van der Waals surface area contributed by atoms with Crippen LogP contribution in [0.25, 0.3) is 16.7 Å². The van der Waals surface area contributed by atoms with Gasteiger partial charge in [0.05, 0.1) is 11.7 Å². The van der Waals surface area contributed by atoms with Gasteiger partial charge in [-0.2, -0.15) is 5.10 Å². The standard InChI is InChI=1S/C13H10BrN3/c14-7-10-5-6-13(15-8-10)17-12-4-2-1-3-11(12)9-16-17/h1-6,8-9H,7H2. The van der Waals surface area contributed by atoms with Crippen LogP contribution >= 0.6 is 15.9 Å². The van der Waals surface area contributed by atoms with Crippen molar-refractivity contribution in [1.82, 2.24) is 14.8 Å². The number of alkyl halides is 1. The number of hydrogen-bond acceptors (Lipinski definition) is 2. The predicted molar refractivity (Wildman–Crippen MR) is 71.5 cm³/mol. The van der Waals surface area contributed by atoms with Crippen molar-refractivity contribution in [3.05, 3.63) is 54.4 Å². The van der Waals surface area contributed by atoms with Gasteiger partial charge in [0.2, 0.25) is 0 Å². The molecule has 0 aliphatic rings. The van der Waals surface area contributed by atoms with Crippen molar-refractivity contribution < 1.29 is 0 Å². The summed E-state index contributed by atoms with van der Waals surface area (Å²) in [5, 5.41) is 6.31. The third-order valence-electron chi connectivity index (χ3n) is 2.66. The summed E-state index contributed by atoms with van der Waals surface area (Å²) in [5.74, 6) is 0.843. The highest BCUT2D eigenvalue weighted by Crippen LogP contribution is 2.16. The number of fused-ring (bicyclic) bond motifs is 1. The lowest BCUT2D eigenvalue weighted by Crippen LogP contribution is -1.99. The van der Waals surface area contributed by atoms with E-state index in [4.69, 9.17) is 0 Å². The van der Waals surface area contributed by atoms with Gasteiger partial charge in [-0.15, -0.1) is 0 Å². The molecule has 0 bridgehead atoms. The van der Waals surface area contributed by atoms with Crippen molar-refractivity contribution in [1.29, 1.82) is 0 Å². The van der Waals surface area contributed by atoms with Gasteiger partial charge in [-0.25, -0.2) is 9.67 Å². The van der Waals surface area contributed by atoms with Gasteiger partial charge in [-0.3, -0.25) is 0 Å². The van der Waals surface area contributed by atoms with Crippen LogP contribution < -0.4 is 0 Å². The maximum atomic E-state index is 4.41. The second-order valence-corrected chi connectivity index (χ2v) is 4.33. The van der Waals surface area contributed by atoms with Gasteiger partial charge in [0.1, 0.15) is 0 Å². The van der Waals surface area contributed by atoms with Crippen LogP contribution in [0.5, 0.6) is 0 Å². The summed E-state index contributed by atoms with van der Waals surface area (Å²) in [6, 6.07) is 12.1. The first-order chi connectivity index (χ1) is 8.38. The number of halogens is 1. The zero-order chi connectivity index (χ0) is 11.7. The van der Waals surface area contributed by atoms with E-state index < -0.39 is 0 Å². The van der Waals surface area contributed by atoms with Crippen LogP contribution in [-0.4, -0.2) is 14.8 Å². The SMILES string of the molecule is BrCc1ccc(-n2ncc3ccccc32)nc1.